The zero-order chi connectivity index (χ0) is 19.8. The molecule has 0 aliphatic carbocycles. The van der Waals surface area contributed by atoms with Crippen LogP contribution in [0.2, 0.25) is 0 Å². The number of hydrogen-bond donors (Lipinski definition) is 2. The fourth-order valence-electron chi connectivity index (χ4n) is 3.29. The van der Waals surface area contributed by atoms with E-state index >= 15 is 0 Å². The molecule has 0 saturated carbocycles. The van der Waals surface area contributed by atoms with Gasteiger partial charge in [0.2, 0.25) is 11.8 Å². The van der Waals surface area contributed by atoms with Crippen molar-refractivity contribution in [2.24, 2.45) is 0 Å². The highest BCUT2D eigenvalue weighted by atomic mass is 32.2. The summed E-state index contributed by atoms with van der Waals surface area (Å²) in [5.74, 6) is 2.00. The quantitative estimate of drug-likeness (QED) is 0.638. The van der Waals surface area contributed by atoms with Gasteiger partial charge >= 0.3 is 0 Å². The van der Waals surface area contributed by atoms with Crippen LogP contribution in [-0.4, -0.2) is 67.9 Å². The van der Waals surface area contributed by atoms with E-state index in [0.29, 0.717) is 25.5 Å². The van der Waals surface area contributed by atoms with Crippen LogP contribution in [0.1, 0.15) is 26.2 Å². The Morgan fingerprint density at radius 1 is 1.14 bits per heavy atom. The van der Waals surface area contributed by atoms with E-state index in [1.807, 2.05) is 25.1 Å². The van der Waals surface area contributed by atoms with Gasteiger partial charge < -0.3 is 20.1 Å². The zero-order valence-electron chi connectivity index (χ0n) is 16.4. The summed E-state index contributed by atoms with van der Waals surface area (Å²) in [6.07, 6.45) is 2.70. The Balaban J connectivity index is 1.35. The summed E-state index contributed by atoms with van der Waals surface area (Å²) in [5.41, 5.74) is 0. The van der Waals surface area contributed by atoms with Gasteiger partial charge in [0.1, 0.15) is 13.2 Å². The van der Waals surface area contributed by atoms with Crippen molar-refractivity contribution >= 4 is 23.6 Å². The first-order valence-corrected chi connectivity index (χ1v) is 10.9. The van der Waals surface area contributed by atoms with Crippen LogP contribution in [-0.2, 0) is 9.59 Å². The molecule has 2 heterocycles. The van der Waals surface area contributed by atoms with Crippen molar-refractivity contribution in [2.45, 2.75) is 37.1 Å². The molecule has 1 aromatic carbocycles. The van der Waals surface area contributed by atoms with Crippen molar-refractivity contribution < 1.29 is 19.1 Å². The summed E-state index contributed by atoms with van der Waals surface area (Å²) in [4.78, 5) is 27.2. The largest absolute Gasteiger partial charge is 0.486 e. The Hall–Kier alpha value is -1.93. The van der Waals surface area contributed by atoms with Crippen LogP contribution >= 0.6 is 11.8 Å². The maximum Gasteiger partial charge on any atom is 0.234 e. The molecule has 1 aromatic rings. The molecule has 7 nitrogen and oxygen atoms in total. The van der Waals surface area contributed by atoms with Crippen molar-refractivity contribution in [3.63, 3.8) is 0 Å². The third kappa shape index (κ3) is 6.31. The molecule has 3 rings (SSSR count). The Morgan fingerprint density at radius 2 is 1.89 bits per heavy atom. The van der Waals surface area contributed by atoms with Crippen LogP contribution in [0, 0.1) is 0 Å². The molecule has 1 fully saturated rings. The number of nitrogens with one attached hydrogen (secondary N) is 2. The van der Waals surface area contributed by atoms with E-state index in [2.05, 4.69) is 15.5 Å². The molecule has 28 heavy (non-hydrogen) atoms. The molecule has 0 atom stereocenters. The topological polar surface area (TPSA) is 79.9 Å². The minimum Gasteiger partial charge on any atom is -0.486 e. The lowest BCUT2D eigenvalue weighted by Crippen LogP contribution is -2.47. The summed E-state index contributed by atoms with van der Waals surface area (Å²) in [6, 6.07) is 5.95. The first-order chi connectivity index (χ1) is 13.6. The Bertz CT molecular complexity index is 677. The molecule has 2 aliphatic heterocycles. The van der Waals surface area contributed by atoms with Crippen molar-refractivity contribution in [1.82, 2.24) is 15.5 Å². The van der Waals surface area contributed by atoms with E-state index in [1.54, 1.807) is 0 Å². The second kappa shape index (κ2) is 10.6. The molecule has 0 aromatic heterocycles. The number of thioether (sulfide) groups is 1. The molecule has 0 radical (unpaired) electrons. The molecule has 154 valence electrons. The summed E-state index contributed by atoms with van der Waals surface area (Å²) >= 11 is 1.50. The van der Waals surface area contributed by atoms with Gasteiger partial charge in [-0.25, -0.2) is 0 Å². The molecule has 0 bridgehead atoms. The lowest BCUT2D eigenvalue weighted by Gasteiger charge is -2.31. The van der Waals surface area contributed by atoms with Gasteiger partial charge in [0, 0.05) is 30.6 Å². The monoisotopic (exact) mass is 407 g/mol. The molecule has 2 aliphatic rings. The van der Waals surface area contributed by atoms with Crippen LogP contribution in [0.3, 0.4) is 0 Å². The fraction of sp³-hybridized carbons (Fsp3) is 0.600. The maximum atomic E-state index is 12.3. The number of benzene rings is 1. The summed E-state index contributed by atoms with van der Waals surface area (Å²) in [5, 5.41) is 6.02. The van der Waals surface area contributed by atoms with Crippen molar-refractivity contribution in [2.75, 3.05) is 45.1 Å². The number of likely N-dealkylation sites (tertiary alicyclic amines) is 1. The fourth-order valence-corrected chi connectivity index (χ4v) is 4.03. The van der Waals surface area contributed by atoms with Gasteiger partial charge in [-0.1, -0.05) is 6.92 Å². The number of hydrogen-bond acceptors (Lipinski definition) is 6. The number of fused-ring (bicyclic) bond motifs is 1. The highest BCUT2D eigenvalue weighted by Crippen LogP contribution is 2.34. The van der Waals surface area contributed by atoms with Crippen LogP contribution < -0.4 is 20.1 Å². The van der Waals surface area contributed by atoms with Crippen LogP contribution in [0.4, 0.5) is 0 Å². The predicted octanol–water partition coefficient (Wildman–Crippen LogP) is 1.66. The average molecular weight is 408 g/mol. The van der Waals surface area contributed by atoms with Crippen molar-refractivity contribution in [3.8, 4) is 11.5 Å². The van der Waals surface area contributed by atoms with Crippen LogP contribution in [0.15, 0.2) is 23.1 Å². The highest BCUT2D eigenvalue weighted by molar-refractivity contribution is 8.00. The van der Waals surface area contributed by atoms with Gasteiger partial charge in [-0.15, -0.1) is 11.8 Å². The van der Waals surface area contributed by atoms with Gasteiger partial charge in [0.15, 0.2) is 11.5 Å². The number of carbonyl (C=O) groups is 2. The van der Waals surface area contributed by atoms with Gasteiger partial charge in [-0.2, -0.15) is 0 Å². The number of nitrogens with zero attached hydrogens (tertiary/aromatic N) is 1. The van der Waals surface area contributed by atoms with Gasteiger partial charge in [-0.05, 0) is 37.5 Å². The first kappa shape index (κ1) is 20.8. The molecule has 8 heteroatoms. The molecule has 0 spiro atoms. The van der Waals surface area contributed by atoms with Gasteiger partial charge in [0.25, 0.3) is 0 Å². The zero-order valence-corrected chi connectivity index (χ0v) is 17.2. The number of carbonyl (C=O) groups excluding carboxylic acids is 2. The van der Waals surface area contributed by atoms with Crippen LogP contribution in [0.25, 0.3) is 0 Å². The Morgan fingerprint density at radius 3 is 2.64 bits per heavy atom. The van der Waals surface area contributed by atoms with E-state index in [9.17, 15) is 9.59 Å². The average Bonchev–Trinajstić information content (AvgIpc) is 2.72. The lowest BCUT2D eigenvalue weighted by molar-refractivity contribution is -0.123. The molecular formula is C20H29N3O4S. The summed E-state index contributed by atoms with van der Waals surface area (Å²) in [7, 11) is 0. The summed E-state index contributed by atoms with van der Waals surface area (Å²) in [6.45, 7) is 6.01. The lowest BCUT2D eigenvalue weighted by atomic mass is 10.1. The molecule has 0 unspecified atom stereocenters. The van der Waals surface area contributed by atoms with E-state index < -0.39 is 0 Å². The normalized spacial score (nSPS) is 17.2. The standard InChI is InChI=1S/C20H29N3O4S/c1-2-7-21-19(24)13-23-8-5-15(6-9-23)22-20(25)14-28-16-3-4-17-18(12-16)27-11-10-26-17/h3-4,12,15H,2,5-11,13-14H2,1H3,(H,21,24)(H,22,25). The van der Waals surface area contributed by atoms with E-state index in [4.69, 9.17) is 9.47 Å². The third-order valence-electron chi connectivity index (χ3n) is 4.78. The number of piperidine rings is 1. The van der Waals surface area contributed by atoms with E-state index in [-0.39, 0.29) is 17.9 Å². The Labute approximate surface area is 170 Å². The highest BCUT2D eigenvalue weighted by Gasteiger charge is 2.22. The number of amides is 2. The minimum atomic E-state index is 0.0408. The molecule has 2 amide bonds. The molecule has 2 N–H and O–H groups in total. The summed E-state index contributed by atoms with van der Waals surface area (Å²) < 4.78 is 11.1. The van der Waals surface area contributed by atoms with E-state index in [1.165, 1.54) is 11.8 Å². The first-order valence-electron chi connectivity index (χ1n) is 9.95. The van der Waals surface area contributed by atoms with Crippen molar-refractivity contribution in [3.05, 3.63) is 18.2 Å². The molecular weight excluding hydrogens is 378 g/mol. The number of ether oxygens (including phenoxy) is 2. The van der Waals surface area contributed by atoms with E-state index in [0.717, 1.165) is 55.3 Å². The van der Waals surface area contributed by atoms with Gasteiger partial charge in [-0.3, -0.25) is 14.5 Å². The third-order valence-corrected chi connectivity index (χ3v) is 5.77. The van der Waals surface area contributed by atoms with Crippen molar-refractivity contribution in [1.29, 1.82) is 0 Å². The SMILES string of the molecule is CCCNC(=O)CN1CCC(NC(=O)CSc2ccc3c(c2)OCCO3)CC1. The van der Waals surface area contributed by atoms with Gasteiger partial charge in [0.05, 0.1) is 12.3 Å². The maximum absolute atomic E-state index is 12.3. The smallest absolute Gasteiger partial charge is 0.234 e. The number of rotatable bonds is 8. The second-order valence-electron chi connectivity index (χ2n) is 7.06. The minimum absolute atomic E-state index is 0.0408. The predicted molar refractivity (Wildman–Crippen MR) is 109 cm³/mol. The van der Waals surface area contributed by atoms with Crippen LogP contribution in [0.5, 0.6) is 11.5 Å². The Kier molecular flexibility index (Phi) is 7.85. The second-order valence-corrected chi connectivity index (χ2v) is 8.11. The molecule has 1 saturated heterocycles.